The molecule has 1 atom stereocenters. The van der Waals surface area contributed by atoms with Gasteiger partial charge in [0.15, 0.2) is 0 Å². The van der Waals surface area contributed by atoms with Gasteiger partial charge in [-0.15, -0.1) is 0 Å². The van der Waals surface area contributed by atoms with Crippen molar-refractivity contribution < 1.29 is 19.1 Å². The molecule has 4 nitrogen and oxygen atoms in total. The zero-order chi connectivity index (χ0) is 24.4. The number of esters is 2. The average Bonchev–Trinajstić information content (AvgIpc) is 2.81. The van der Waals surface area contributed by atoms with Crippen LogP contribution in [0.15, 0.2) is 0 Å². The molecule has 0 aromatic heterocycles. The average molecular weight is 469 g/mol. The number of carbonyl (C=O) groups excluding carboxylic acids is 2. The predicted octanol–water partition coefficient (Wildman–Crippen LogP) is 9.08. The summed E-state index contributed by atoms with van der Waals surface area (Å²) in [7, 11) is 0. The summed E-state index contributed by atoms with van der Waals surface area (Å²) in [5.41, 5.74) is 0. The lowest BCUT2D eigenvalue weighted by Gasteiger charge is -2.15. The summed E-state index contributed by atoms with van der Waals surface area (Å²) in [5.74, 6) is -0.572. The number of hydrogen-bond acceptors (Lipinski definition) is 4. The topological polar surface area (TPSA) is 52.6 Å². The summed E-state index contributed by atoms with van der Waals surface area (Å²) < 4.78 is 10.6. The Morgan fingerprint density at radius 2 is 0.970 bits per heavy atom. The van der Waals surface area contributed by atoms with Gasteiger partial charge in [0.25, 0.3) is 0 Å². The van der Waals surface area contributed by atoms with Crippen LogP contribution in [0.3, 0.4) is 0 Å². The lowest BCUT2D eigenvalue weighted by molar-refractivity contribution is -0.154. The van der Waals surface area contributed by atoms with Crippen molar-refractivity contribution in [3.05, 3.63) is 0 Å². The van der Waals surface area contributed by atoms with Gasteiger partial charge in [0.1, 0.15) is 6.10 Å². The van der Waals surface area contributed by atoms with E-state index in [-0.39, 0.29) is 30.9 Å². The van der Waals surface area contributed by atoms with E-state index >= 15 is 0 Å². The van der Waals surface area contributed by atoms with Crippen molar-refractivity contribution in [3.63, 3.8) is 0 Å². The van der Waals surface area contributed by atoms with Crippen LogP contribution in [0.2, 0.25) is 0 Å². The Bertz CT molecular complexity index is 435. The van der Waals surface area contributed by atoms with Gasteiger partial charge in [-0.25, -0.2) is 0 Å². The number of rotatable bonds is 25. The van der Waals surface area contributed by atoms with Crippen LogP contribution in [0.4, 0.5) is 0 Å². The smallest absolute Gasteiger partial charge is 0.306 e. The maximum absolute atomic E-state index is 11.8. The highest BCUT2D eigenvalue weighted by molar-refractivity contribution is 5.77. The highest BCUT2D eigenvalue weighted by Crippen LogP contribution is 2.14. The quantitative estimate of drug-likeness (QED) is 0.0990. The SMILES string of the molecule is CCCCCCCCCCCCCCCCCCCOC(=O)CCC(=O)OC(CC)CCC. The molecule has 0 rings (SSSR count). The van der Waals surface area contributed by atoms with Crippen molar-refractivity contribution in [1.29, 1.82) is 0 Å². The summed E-state index contributed by atoms with van der Waals surface area (Å²) in [6, 6.07) is 0. The fourth-order valence-electron chi connectivity index (χ4n) is 4.20. The van der Waals surface area contributed by atoms with Gasteiger partial charge in [0, 0.05) is 0 Å². The molecule has 0 saturated carbocycles. The Kier molecular flexibility index (Phi) is 24.7. The molecule has 0 aliphatic rings. The van der Waals surface area contributed by atoms with Crippen molar-refractivity contribution in [3.8, 4) is 0 Å². The molecule has 0 N–H and O–H groups in total. The van der Waals surface area contributed by atoms with E-state index in [1.165, 1.54) is 96.3 Å². The minimum atomic E-state index is -0.287. The van der Waals surface area contributed by atoms with Crippen LogP contribution >= 0.6 is 0 Å². The number of carbonyl (C=O) groups is 2. The van der Waals surface area contributed by atoms with Crippen LogP contribution in [0.1, 0.15) is 162 Å². The Hall–Kier alpha value is -1.06. The molecule has 4 heteroatoms. The lowest BCUT2D eigenvalue weighted by Crippen LogP contribution is -2.18. The molecule has 1 unspecified atom stereocenters. The summed E-state index contributed by atoms with van der Waals surface area (Å²) in [5, 5.41) is 0. The van der Waals surface area contributed by atoms with Crippen LogP contribution in [-0.4, -0.2) is 24.6 Å². The lowest BCUT2D eigenvalue weighted by atomic mass is 10.0. The van der Waals surface area contributed by atoms with Gasteiger partial charge in [-0.1, -0.05) is 130 Å². The number of ether oxygens (including phenoxy) is 2. The van der Waals surface area contributed by atoms with Gasteiger partial charge in [0.2, 0.25) is 0 Å². The third kappa shape index (κ3) is 23.9. The molecule has 0 aliphatic carbocycles. The van der Waals surface area contributed by atoms with Gasteiger partial charge >= 0.3 is 11.9 Å². The monoisotopic (exact) mass is 468 g/mol. The Morgan fingerprint density at radius 3 is 1.39 bits per heavy atom. The normalized spacial score (nSPS) is 12.0. The van der Waals surface area contributed by atoms with E-state index in [2.05, 4.69) is 13.8 Å². The Balaban J connectivity index is 3.31. The van der Waals surface area contributed by atoms with Gasteiger partial charge in [-0.3, -0.25) is 9.59 Å². The molecule has 0 radical (unpaired) electrons. The Morgan fingerprint density at radius 1 is 0.545 bits per heavy atom. The largest absolute Gasteiger partial charge is 0.466 e. The van der Waals surface area contributed by atoms with Crippen LogP contribution in [-0.2, 0) is 19.1 Å². The molecule has 0 aliphatic heterocycles. The molecular formula is C29H56O4. The first-order valence-electron chi connectivity index (χ1n) is 14.5. The third-order valence-electron chi connectivity index (χ3n) is 6.41. The standard InChI is InChI=1S/C29H56O4/c1-4-7-8-9-10-11-12-13-14-15-16-17-18-19-20-21-22-26-32-28(30)24-25-29(31)33-27(6-3)23-5-2/h27H,4-26H2,1-3H3. The maximum Gasteiger partial charge on any atom is 0.306 e. The van der Waals surface area contributed by atoms with Crippen LogP contribution in [0.5, 0.6) is 0 Å². The highest BCUT2D eigenvalue weighted by Gasteiger charge is 2.13. The van der Waals surface area contributed by atoms with Crippen molar-refractivity contribution in [2.24, 2.45) is 0 Å². The van der Waals surface area contributed by atoms with E-state index in [1.807, 2.05) is 6.92 Å². The molecule has 196 valence electrons. The molecule has 0 aromatic rings. The molecule has 0 saturated heterocycles. The van der Waals surface area contributed by atoms with Crippen LogP contribution in [0.25, 0.3) is 0 Å². The van der Waals surface area contributed by atoms with Crippen molar-refractivity contribution in [2.75, 3.05) is 6.61 Å². The summed E-state index contributed by atoms with van der Waals surface area (Å²) >= 11 is 0. The fourth-order valence-corrected chi connectivity index (χ4v) is 4.20. The van der Waals surface area contributed by atoms with Crippen LogP contribution in [0, 0.1) is 0 Å². The minimum absolute atomic E-state index is 0.0200. The third-order valence-corrected chi connectivity index (χ3v) is 6.41. The zero-order valence-corrected chi connectivity index (χ0v) is 22.5. The molecule has 0 amide bonds. The second kappa shape index (κ2) is 25.6. The second-order valence-electron chi connectivity index (χ2n) is 9.69. The molecular weight excluding hydrogens is 412 g/mol. The summed E-state index contributed by atoms with van der Waals surface area (Å²) in [4.78, 5) is 23.6. The molecule has 0 bridgehead atoms. The van der Waals surface area contributed by atoms with E-state index < -0.39 is 0 Å². The molecule has 33 heavy (non-hydrogen) atoms. The first-order chi connectivity index (χ1) is 16.1. The zero-order valence-electron chi connectivity index (χ0n) is 22.5. The second-order valence-corrected chi connectivity index (χ2v) is 9.69. The fraction of sp³-hybridized carbons (Fsp3) is 0.931. The van der Waals surface area contributed by atoms with E-state index in [1.54, 1.807) is 0 Å². The summed E-state index contributed by atoms with van der Waals surface area (Å²) in [6.45, 7) is 6.84. The first-order valence-corrected chi connectivity index (χ1v) is 14.5. The van der Waals surface area contributed by atoms with Gasteiger partial charge in [-0.05, 0) is 19.3 Å². The summed E-state index contributed by atoms with van der Waals surface area (Å²) in [6.07, 6.45) is 25.7. The molecule has 0 spiro atoms. The first kappa shape index (κ1) is 31.9. The van der Waals surface area contributed by atoms with Gasteiger partial charge in [0.05, 0.1) is 19.4 Å². The van der Waals surface area contributed by atoms with Gasteiger partial charge < -0.3 is 9.47 Å². The maximum atomic E-state index is 11.8. The van der Waals surface area contributed by atoms with Gasteiger partial charge in [-0.2, -0.15) is 0 Å². The molecule has 0 heterocycles. The minimum Gasteiger partial charge on any atom is -0.466 e. The van der Waals surface area contributed by atoms with Crippen molar-refractivity contribution in [1.82, 2.24) is 0 Å². The van der Waals surface area contributed by atoms with Crippen molar-refractivity contribution in [2.45, 2.75) is 168 Å². The van der Waals surface area contributed by atoms with E-state index in [0.29, 0.717) is 6.61 Å². The highest BCUT2D eigenvalue weighted by atomic mass is 16.5. The van der Waals surface area contributed by atoms with Crippen molar-refractivity contribution >= 4 is 11.9 Å². The van der Waals surface area contributed by atoms with E-state index in [4.69, 9.17) is 9.47 Å². The predicted molar refractivity (Wildman–Crippen MR) is 139 cm³/mol. The van der Waals surface area contributed by atoms with E-state index in [0.717, 1.165) is 32.1 Å². The Labute approximate surface area is 206 Å². The molecule has 0 aromatic carbocycles. The number of hydrogen-bond donors (Lipinski definition) is 0. The molecule has 0 fully saturated rings. The number of unbranched alkanes of at least 4 members (excludes halogenated alkanes) is 16. The van der Waals surface area contributed by atoms with E-state index in [9.17, 15) is 9.59 Å². The van der Waals surface area contributed by atoms with Crippen LogP contribution < -0.4 is 0 Å².